The number of hydrogen-bond acceptors (Lipinski definition) is 3. The molecule has 0 radical (unpaired) electrons. The Labute approximate surface area is 158 Å². The molecule has 2 amide bonds. The Morgan fingerprint density at radius 2 is 1.88 bits per heavy atom. The molecule has 26 heavy (non-hydrogen) atoms. The van der Waals surface area contributed by atoms with Gasteiger partial charge in [0.1, 0.15) is 0 Å². The topological polar surface area (TPSA) is 49.9 Å². The average molecular weight is 365 g/mol. The van der Waals surface area contributed by atoms with E-state index in [9.17, 15) is 9.59 Å². The van der Waals surface area contributed by atoms with E-state index in [1.54, 1.807) is 7.11 Å². The maximum absolute atomic E-state index is 13.3. The molecule has 0 bridgehead atoms. The van der Waals surface area contributed by atoms with Crippen molar-refractivity contribution in [2.45, 2.75) is 83.1 Å². The van der Waals surface area contributed by atoms with Gasteiger partial charge in [-0.15, -0.1) is 0 Å². The van der Waals surface area contributed by atoms with Gasteiger partial charge >= 0.3 is 0 Å². The zero-order valence-electron chi connectivity index (χ0n) is 16.5. The van der Waals surface area contributed by atoms with E-state index in [4.69, 9.17) is 4.74 Å². The standard InChI is InChI=1S/C21H36N2O3/c1-26-16-7-3-6-11-19(24)22-15-13-21(17-22)12-8-14-23(20(21)25)18-9-4-2-5-10-18/h18H,2-17H2,1H3/t21-/m1/s1. The lowest BCUT2D eigenvalue weighted by molar-refractivity contribution is -0.149. The molecule has 3 aliphatic rings. The van der Waals surface area contributed by atoms with Gasteiger partial charge in [0, 0.05) is 45.8 Å². The van der Waals surface area contributed by atoms with Gasteiger partial charge in [-0.2, -0.15) is 0 Å². The highest BCUT2D eigenvalue weighted by atomic mass is 16.5. The highest BCUT2D eigenvalue weighted by Gasteiger charge is 2.50. The van der Waals surface area contributed by atoms with Crippen molar-refractivity contribution in [1.29, 1.82) is 0 Å². The van der Waals surface area contributed by atoms with Crippen LogP contribution < -0.4 is 0 Å². The highest BCUT2D eigenvalue weighted by Crippen LogP contribution is 2.42. The largest absolute Gasteiger partial charge is 0.385 e. The summed E-state index contributed by atoms with van der Waals surface area (Å²) in [4.78, 5) is 30.1. The van der Waals surface area contributed by atoms with Crippen molar-refractivity contribution >= 4 is 11.8 Å². The van der Waals surface area contributed by atoms with E-state index in [1.165, 1.54) is 32.1 Å². The minimum Gasteiger partial charge on any atom is -0.385 e. The number of methoxy groups -OCH3 is 1. The van der Waals surface area contributed by atoms with Gasteiger partial charge in [0.05, 0.1) is 5.41 Å². The summed E-state index contributed by atoms with van der Waals surface area (Å²) in [5.74, 6) is 0.591. The fraction of sp³-hybridized carbons (Fsp3) is 0.905. The van der Waals surface area contributed by atoms with Crippen LogP contribution in [0.2, 0.25) is 0 Å². The average Bonchev–Trinajstić information content (AvgIpc) is 3.10. The van der Waals surface area contributed by atoms with Crippen LogP contribution in [-0.4, -0.2) is 61.0 Å². The molecule has 5 nitrogen and oxygen atoms in total. The van der Waals surface area contributed by atoms with Gasteiger partial charge in [-0.05, 0) is 44.9 Å². The Morgan fingerprint density at radius 1 is 1.08 bits per heavy atom. The number of unbranched alkanes of at least 4 members (excludes halogenated alkanes) is 2. The van der Waals surface area contributed by atoms with Crippen LogP contribution in [0, 0.1) is 5.41 Å². The Bertz CT molecular complexity index is 490. The molecule has 2 heterocycles. The van der Waals surface area contributed by atoms with E-state index in [0.717, 1.165) is 58.2 Å². The molecule has 148 valence electrons. The van der Waals surface area contributed by atoms with Gasteiger partial charge in [-0.1, -0.05) is 25.7 Å². The molecule has 1 atom stereocenters. The Kier molecular flexibility index (Phi) is 6.96. The normalized spacial score (nSPS) is 27.5. The van der Waals surface area contributed by atoms with Crippen LogP contribution in [-0.2, 0) is 14.3 Å². The molecule has 0 aromatic heterocycles. The van der Waals surface area contributed by atoms with Crippen LogP contribution in [0.15, 0.2) is 0 Å². The van der Waals surface area contributed by atoms with E-state index in [-0.39, 0.29) is 11.3 Å². The van der Waals surface area contributed by atoms with Crippen molar-refractivity contribution in [2.75, 3.05) is 33.4 Å². The Hall–Kier alpha value is -1.10. The number of piperidine rings is 1. The fourth-order valence-corrected chi connectivity index (χ4v) is 5.16. The van der Waals surface area contributed by atoms with E-state index in [1.807, 2.05) is 4.90 Å². The minimum atomic E-state index is -0.276. The van der Waals surface area contributed by atoms with Crippen molar-refractivity contribution in [2.24, 2.45) is 5.41 Å². The zero-order chi connectivity index (χ0) is 18.4. The maximum atomic E-state index is 13.3. The van der Waals surface area contributed by atoms with Crippen molar-refractivity contribution in [3.05, 3.63) is 0 Å². The second-order valence-electron chi connectivity index (χ2n) is 8.54. The predicted octanol–water partition coefficient (Wildman–Crippen LogP) is 3.37. The molecule has 1 aliphatic carbocycles. The van der Waals surface area contributed by atoms with Crippen molar-refractivity contribution in [3.8, 4) is 0 Å². The third-order valence-electron chi connectivity index (χ3n) is 6.73. The van der Waals surface area contributed by atoms with E-state index in [2.05, 4.69) is 4.90 Å². The molecule has 1 saturated carbocycles. The number of rotatable bonds is 7. The molecule has 2 saturated heterocycles. The number of carbonyl (C=O) groups excluding carboxylic acids is 2. The van der Waals surface area contributed by atoms with Crippen LogP contribution in [0.25, 0.3) is 0 Å². The third-order valence-corrected chi connectivity index (χ3v) is 6.73. The Morgan fingerprint density at radius 3 is 2.65 bits per heavy atom. The lowest BCUT2D eigenvalue weighted by Crippen LogP contribution is -2.54. The van der Waals surface area contributed by atoms with Crippen molar-refractivity contribution in [1.82, 2.24) is 9.80 Å². The number of carbonyl (C=O) groups is 2. The maximum Gasteiger partial charge on any atom is 0.230 e. The zero-order valence-corrected chi connectivity index (χ0v) is 16.5. The van der Waals surface area contributed by atoms with Crippen LogP contribution in [0.1, 0.15) is 77.0 Å². The molecule has 3 rings (SSSR count). The monoisotopic (exact) mass is 364 g/mol. The molecular formula is C21H36N2O3. The van der Waals surface area contributed by atoms with Gasteiger partial charge in [0.15, 0.2) is 0 Å². The number of amides is 2. The van der Waals surface area contributed by atoms with Crippen LogP contribution >= 0.6 is 0 Å². The summed E-state index contributed by atoms with van der Waals surface area (Å²) in [6, 6.07) is 0.457. The summed E-state index contributed by atoms with van der Waals surface area (Å²) in [6.07, 6.45) is 12.7. The second kappa shape index (κ2) is 9.20. The number of hydrogen-bond donors (Lipinski definition) is 0. The van der Waals surface area contributed by atoms with E-state index >= 15 is 0 Å². The van der Waals surface area contributed by atoms with Gasteiger partial charge < -0.3 is 14.5 Å². The van der Waals surface area contributed by atoms with E-state index in [0.29, 0.717) is 24.9 Å². The highest BCUT2D eigenvalue weighted by molar-refractivity contribution is 5.86. The molecule has 0 unspecified atom stereocenters. The quantitative estimate of drug-likeness (QED) is 0.651. The van der Waals surface area contributed by atoms with Crippen molar-refractivity contribution < 1.29 is 14.3 Å². The number of ether oxygens (including phenoxy) is 1. The molecule has 0 aromatic rings. The molecule has 3 fully saturated rings. The first kappa shape index (κ1) is 19.7. The van der Waals surface area contributed by atoms with Crippen molar-refractivity contribution in [3.63, 3.8) is 0 Å². The first-order chi connectivity index (χ1) is 12.7. The summed E-state index contributed by atoms with van der Waals surface area (Å²) in [6.45, 7) is 3.12. The summed E-state index contributed by atoms with van der Waals surface area (Å²) >= 11 is 0. The van der Waals surface area contributed by atoms with Crippen LogP contribution in [0.3, 0.4) is 0 Å². The summed E-state index contributed by atoms with van der Waals surface area (Å²) in [5.41, 5.74) is -0.276. The molecular weight excluding hydrogens is 328 g/mol. The molecule has 2 aliphatic heterocycles. The summed E-state index contributed by atoms with van der Waals surface area (Å²) in [7, 11) is 1.71. The lowest BCUT2D eigenvalue weighted by Gasteiger charge is -2.44. The number of likely N-dealkylation sites (tertiary alicyclic amines) is 2. The van der Waals surface area contributed by atoms with Crippen LogP contribution in [0.4, 0.5) is 0 Å². The smallest absolute Gasteiger partial charge is 0.230 e. The summed E-state index contributed by atoms with van der Waals surface area (Å²) < 4.78 is 5.06. The summed E-state index contributed by atoms with van der Waals surface area (Å²) in [5, 5.41) is 0. The van der Waals surface area contributed by atoms with E-state index < -0.39 is 0 Å². The lowest BCUT2D eigenvalue weighted by atomic mass is 9.77. The van der Waals surface area contributed by atoms with Crippen LogP contribution in [0.5, 0.6) is 0 Å². The van der Waals surface area contributed by atoms with Gasteiger partial charge in [0.25, 0.3) is 0 Å². The van der Waals surface area contributed by atoms with Gasteiger partial charge in [-0.25, -0.2) is 0 Å². The SMILES string of the molecule is COCCCCCC(=O)N1CC[C@]2(CCCN(C3CCCCC3)C2=O)C1. The van der Waals surface area contributed by atoms with Gasteiger partial charge in [0.2, 0.25) is 11.8 Å². The van der Waals surface area contributed by atoms with Gasteiger partial charge in [-0.3, -0.25) is 9.59 Å². The second-order valence-corrected chi connectivity index (χ2v) is 8.54. The minimum absolute atomic E-state index is 0.238. The predicted molar refractivity (Wildman–Crippen MR) is 102 cm³/mol. The fourth-order valence-electron chi connectivity index (χ4n) is 5.16. The first-order valence-electron chi connectivity index (χ1n) is 10.7. The molecule has 5 heteroatoms. The third kappa shape index (κ3) is 4.41. The molecule has 1 spiro atoms. The molecule has 0 N–H and O–H groups in total. The molecule has 0 aromatic carbocycles. The Balaban J connectivity index is 1.52. The first-order valence-corrected chi connectivity index (χ1v) is 10.7. The number of nitrogens with zero attached hydrogens (tertiary/aromatic N) is 2.